The van der Waals surface area contributed by atoms with Crippen molar-refractivity contribution in [2.75, 3.05) is 0 Å². The summed E-state index contributed by atoms with van der Waals surface area (Å²) < 4.78 is 1.90. The van der Waals surface area contributed by atoms with E-state index in [1.807, 2.05) is 11.7 Å². The lowest BCUT2D eigenvalue weighted by atomic mass is 10.0. The lowest BCUT2D eigenvalue weighted by Crippen LogP contribution is -2.28. The van der Waals surface area contributed by atoms with E-state index in [1.54, 1.807) is 0 Å². The summed E-state index contributed by atoms with van der Waals surface area (Å²) in [5.41, 5.74) is 2.47. The normalized spacial score (nSPS) is 12.9. The predicted octanol–water partition coefficient (Wildman–Crippen LogP) is 3.18. The zero-order chi connectivity index (χ0) is 12.7. The number of aromatic nitrogens is 2. The molecular formula is C14H27N3. The van der Waals surface area contributed by atoms with E-state index in [4.69, 9.17) is 0 Å². The van der Waals surface area contributed by atoms with Crippen LogP contribution in [0, 0.1) is 6.92 Å². The Morgan fingerprint density at radius 1 is 1.29 bits per heavy atom. The number of nitrogens with zero attached hydrogens (tertiary/aromatic N) is 2. The van der Waals surface area contributed by atoms with Crippen LogP contribution in [0.25, 0.3) is 0 Å². The van der Waals surface area contributed by atoms with Gasteiger partial charge in [-0.2, -0.15) is 5.10 Å². The molecule has 0 radical (unpaired) electrons. The van der Waals surface area contributed by atoms with E-state index in [-0.39, 0.29) is 0 Å². The second kappa shape index (κ2) is 7.49. The molecular weight excluding hydrogens is 210 g/mol. The molecule has 3 heteroatoms. The van der Waals surface area contributed by atoms with E-state index in [1.165, 1.54) is 37.7 Å². The molecule has 0 aliphatic rings. The second-order valence-corrected chi connectivity index (χ2v) is 4.92. The van der Waals surface area contributed by atoms with E-state index in [0.717, 1.165) is 12.2 Å². The molecule has 0 saturated carbocycles. The van der Waals surface area contributed by atoms with Crippen LogP contribution in [0.2, 0.25) is 0 Å². The van der Waals surface area contributed by atoms with Gasteiger partial charge in [-0.1, -0.05) is 33.1 Å². The Balaban J connectivity index is 2.42. The van der Waals surface area contributed by atoms with E-state index < -0.39 is 0 Å². The van der Waals surface area contributed by atoms with Gasteiger partial charge in [0.2, 0.25) is 0 Å². The van der Waals surface area contributed by atoms with Crippen LogP contribution in [0.4, 0.5) is 0 Å². The maximum atomic E-state index is 4.37. The molecule has 1 heterocycles. The van der Waals surface area contributed by atoms with Crippen molar-refractivity contribution in [1.29, 1.82) is 0 Å². The van der Waals surface area contributed by atoms with Crippen LogP contribution in [0.5, 0.6) is 0 Å². The third kappa shape index (κ3) is 4.90. The first kappa shape index (κ1) is 14.2. The highest BCUT2D eigenvalue weighted by Crippen LogP contribution is 2.10. The van der Waals surface area contributed by atoms with Gasteiger partial charge in [-0.15, -0.1) is 0 Å². The summed E-state index contributed by atoms with van der Waals surface area (Å²) >= 11 is 0. The van der Waals surface area contributed by atoms with E-state index in [9.17, 15) is 0 Å². The van der Waals surface area contributed by atoms with Crippen molar-refractivity contribution in [1.82, 2.24) is 15.1 Å². The minimum Gasteiger partial charge on any atom is -0.310 e. The summed E-state index contributed by atoms with van der Waals surface area (Å²) in [4.78, 5) is 0. The van der Waals surface area contributed by atoms with E-state index in [0.29, 0.717) is 6.04 Å². The monoisotopic (exact) mass is 237 g/mol. The summed E-state index contributed by atoms with van der Waals surface area (Å²) in [7, 11) is 1.98. The van der Waals surface area contributed by atoms with Gasteiger partial charge in [-0.05, 0) is 19.8 Å². The Bertz CT molecular complexity index is 317. The maximum absolute atomic E-state index is 4.37. The highest BCUT2D eigenvalue weighted by molar-refractivity contribution is 5.14. The summed E-state index contributed by atoms with van der Waals surface area (Å²) in [6.45, 7) is 7.55. The third-order valence-electron chi connectivity index (χ3n) is 3.24. The van der Waals surface area contributed by atoms with Gasteiger partial charge in [0.1, 0.15) is 0 Å². The molecule has 0 aliphatic heterocycles. The van der Waals surface area contributed by atoms with E-state index in [2.05, 4.69) is 37.4 Å². The Labute approximate surface area is 106 Å². The topological polar surface area (TPSA) is 29.9 Å². The Morgan fingerprint density at radius 3 is 2.59 bits per heavy atom. The molecule has 0 aliphatic carbocycles. The predicted molar refractivity (Wildman–Crippen MR) is 73.0 cm³/mol. The maximum Gasteiger partial charge on any atom is 0.0638 e. The van der Waals surface area contributed by atoms with Gasteiger partial charge >= 0.3 is 0 Å². The van der Waals surface area contributed by atoms with Gasteiger partial charge in [-0.25, -0.2) is 0 Å². The van der Waals surface area contributed by atoms with Gasteiger partial charge in [-0.3, -0.25) is 4.68 Å². The molecule has 1 aromatic rings. The number of aryl methyl sites for hydroxylation is 2. The summed E-state index contributed by atoms with van der Waals surface area (Å²) in [6.07, 6.45) is 8.55. The molecule has 17 heavy (non-hydrogen) atoms. The molecule has 1 N–H and O–H groups in total. The molecule has 0 amide bonds. The van der Waals surface area contributed by atoms with E-state index >= 15 is 0 Å². The largest absolute Gasteiger partial charge is 0.310 e. The number of unbranched alkanes of at least 4 members (excludes halogenated alkanes) is 1. The van der Waals surface area contributed by atoms with Gasteiger partial charge in [0.15, 0.2) is 0 Å². The average molecular weight is 237 g/mol. The van der Waals surface area contributed by atoms with Crippen LogP contribution in [0.15, 0.2) is 6.20 Å². The zero-order valence-electron chi connectivity index (χ0n) is 11.8. The summed E-state index contributed by atoms with van der Waals surface area (Å²) in [5.74, 6) is 0. The van der Waals surface area contributed by atoms with Crippen LogP contribution >= 0.6 is 0 Å². The molecule has 1 atom stereocenters. The van der Waals surface area contributed by atoms with Crippen LogP contribution in [0.3, 0.4) is 0 Å². The SMILES string of the molecule is CCCCC(CCC)NCc1cn(C)nc1C. The standard InChI is InChI=1S/C14H27N3/c1-5-7-9-14(8-6-2)15-10-13-11-17(4)16-12(13)3/h11,14-15H,5-10H2,1-4H3. The molecule has 0 saturated heterocycles. The fourth-order valence-electron chi connectivity index (χ4n) is 2.22. The average Bonchev–Trinajstić information content (AvgIpc) is 2.61. The fourth-order valence-corrected chi connectivity index (χ4v) is 2.22. The molecule has 1 rings (SSSR count). The summed E-state index contributed by atoms with van der Waals surface area (Å²) in [5, 5.41) is 8.05. The quantitative estimate of drug-likeness (QED) is 0.752. The lowest BCUT2D eigenvalue weighted by Gasteiger charge is -2.17. The smallest absolute Gasteiger partial charge is 0.0638 e. The van der Waals surface area contributed by atoms with Crippen LogP contribution < -0.4 is 5.32 Å². The van der Waals surface area contributed by atoms with Gasteiger partial charge in [0, 0.05) is 31.4 Å². The molecule has 0 bridgehead atoms. The first-order valence-electron chi connectivity index (χ1n) is 6.89. The third-order valence-corrected chi connectivity index (χ3v) is 3.24. The molecule has 0 fully saturated rings. The molecule has 3 nitrogen and oxygen atoms in total. The zero-order valence-corrected chi connectivity index (χ0v) is 11.8. The first-order valence-corrected chi connectivity index (χ1v) is 6.89. The Kier molecular flexibility index (Phi) is 6.27. The number of hydrogen-bond donors (Lipinski definition) is 1. The minimum atomic E-state index is 0.666. The van der Waals surface area contributed by atoms with Crippen LogP contribution in [-0.2, 0) is 13.6 Å². The fraction of sp³-hybridized carbons (Fsp3) is 0.786. The number of rotatable bonds is 8. The molecule has 98 valence electrons. The van der Waals surface area contributed by atoms with Crippen molar-refractivity contribution in [3.05, 3.63) is 17.5 Å². The van der Waals surface area contributed by atoms with Crippen LogP contribution in [-0.4, -0.2) is 15.8 Å². The highest BCUT2D eigenvalue weighted by Gasteiger charge is 2.08. The highest BCUT2D eigenvalue weighted by atomic mass is 15.2. The van der Waals surface area contributed by atoms with Crippen molar-refractivity contribution >= 4 is 0 Å². The number of hydrogen-bond acceptors (Lipinski definition) is 2. The van der Waals surface area contributed by atoms with Gasteiger partial charge < -0.3 is 5.32 Å². The van der Waals surface area contributed by atoms with Crippen molar-refractivity contribution in [3.8, 4) is 0 Å². The number of nitrogens with one attached hydrogen (secondary N) is 1. The minimum absolute atomic E-state index is 0.666. The molecule has 1 unspecified atom stereocenters. The molecule has 0 aromatic carbocycles. The van der Waals surface area contributed by atoms with Gasteiger partial charge in [0.05, 0.1) is 5.69 Å². The van der Waals surface area contributed by atoms with Crippen molar-refractivity contribution < 1.29 is 0 Å². The molecule has 1 aromatic heterocycles. The van der Waals surface area contributed by atoms with Crippen molar-refractivity contribution in [2.24, 2.45) is 7.05 Å². The Morgan fingerprint density at radius 2 is 2.06 bits per heavy atom. The van der Waals surface area contributed by atoms with Gasteiger partial charge in [0.25, 0.3) is 0 Å². The summed E-state index contributed by atoms with van der Waals surface area (Å²) in [6, 6.07) is 0.666. The van der Waals surface area contributed by atoms with Crippen molar-refractivity contribution in [2.45, 2.75) is 65.5 Å². The lowest BCUT2D eigenvalue weighted by molar-refractivity contribution is 0.433. The van der Waals surface area contributed by atoms with Crippen molar-refractivity contribution in [3.63, 3.8) is 0 Å². The van der Waals surface area contributed by atoms with Crippen LogP contribution in [0.1, 0.15) is 57.2 Å². The molecule has 0 spiro atoms. The first-order chi connectivity index (χ1) is 8.17. The second-order valence-electron chi connectivity index (χ2n) is 4.92. The Hall–Kier alpha value is -0.830.